The number of nitrogens with zero attached hydrogens (tertiary/aromatic N) is 1. The van der Waals surface area contributed by atoms with Gasteiger partial charge in [0.2, 0.25) is 0 Å². The summed E-state index contributed by atoms with van der Waals surface area (Å²) in [7, 11) is 0. The fourth-order valence-corrected chi connectivity index (χ4v) is 2.03. The summed E-state index contributed by atoms with van der Waals surface area (Å²) in [4.78, 5) is 11.7. The summed E-state index contributed by atoms with van der Waals surface area (Å²) in [6, 6.07) is 0.181. The summed E-state index contributed by atoms with van der Waals surface area (Å²) in [6.07, 6.45) is 1.86. The molecular formula is C13H21N3O2. The Kier molecular flexibility index (Phi) is 3.32. The van der Waals surface area contributed by atoms with Crippen molar-refractivity contribution in [2.45, 2.75) is 53.1 Å². The minimum atomic E-state index is -0.117. The fourth-order valence-electron chi connectivity index (χ4n) is 2.03. The smallest absolute Gasteiger partial charge is 0.315 e. The molecule has 1 aromatic heterocycles. The Balaban J connectivity index is 1.84. The van der Waals surface area contributed by atoms with E-state index in [2.05, 4.69) is 29.6 Å². The second kappa shape index (κ2) is 4.63. The van der Waals surface area contributed by atoms with Crippen molar-refractivity contribution in [2.75, 3.05) is 0 Å². The summed E-state index contributed by atoms with van der Waals surface area (Å²) >= 11 is 0. The maximum Gasteiger partial charge on any atom is 0.315 e. The first-order valence-electron chi connectivity index (χ1n) is 6.42. The molecule has 5 heteroatoms. The zero-order valence-electron chi connectivity index (χ0n) is 11.5. The third-order valence-electron chi connectivity index (χ3n) is 3.65. The van der Waals surface area contributed by atoms with E-state index in [1.807, 2.05) is 13.8 Å². The first-order valence-corrected chi connectivity index (χ1v) is 6.42. The van der Waals surface area contributed by atoms with Crippen molar-refractivity contribution in [3.05, 3.63) is 17.0 Å². The van der Waals surface area contributed by atoms with Gasteiger partial charge in [0.15, 0.2) is 0 Å². The molecule has 1 heterocycles. The van der Waals surface area contributed by atoms with Gasteiger partial charge in [-0.15, -0.1) is 0 Å². The number of nitrogens with one attached hydrogen (secondary N) is 2. The van der Waals surface area contributed by atoms with Crippen LogP contribution in [0.4, 0.5) is 4.79 Å². The minimum Gasteiger partial charge on any atom is -0.361 e. The molecule has 100 valence electrons. The summed E-state index contributed by atoms with van der Waals surface area (Å²) in [5.41, 5.74) is 2.15. The first-order chi connectivity index (χ1) is 8.44. The van der Waals surface area contributed by atoms with Gasteiger partial charge in [0, 0.05) is 18.2 Å². The maximum atomic E-state index is 11.7. The van der Waals surface area contributed by atoms with Gasteiger partial charge in [0.1, 0.15) is 5.76 Å². The normalized spacial score (nSPS) is 20.6. The predicted molar refractivity (Wildman–Crippen MR) is 68.2 cm³/mol. The molecule has 2 rings (SSSR count). The number of aryl methyl sites for hydroxylation is 2. The molecule has 1 saturated carbocycles. The van der Waals surface area contributed by atoms with Gasteiger partial charge in [-0.3, -0.25) is 0 Å². The van der Waals surface area contributed by atoms with E-state index in [-0.39, 0.29) is 11.4 Å². The average Bonchev–Trinajstić information content (AvgIpc) is 2.73. The standard InChI is InChI=1S/C13H21N3O2/c1-5-10-9(8(2)18-16-10)7-14-12(17)15-11-6-13(11,3)4/h11H,5-7H2,1-4H3,(H2,14,15,17)/t11-/m0/s1. The molecule has 1 atom stereocenters. The molecule has 2 N–H and O–H groups in total. The lowest BCUT2D eigenvalue weighted by molar-refractivity contribution is 0.238. The summed E-state index contributed by atoms with van der Waals surface area (Å²) in [6.45, 7) is 8.66. The molecule has 1 aliphatic rings. The Morgan fingerprint density at radius 1 is 1.56 bits per heavy atom. The van der Waals surface area contributed by atoms with Crippen molar-refractivity contribution in [2.24, 2.45) is 5.41 Å². The Bertz CT molecular complexity index is 451. The van der Waals surface area contributed by atoms with Gasteiger partial charge in [-0.25, -0.2) is 4.79 Å². The van der Waals surface area contributed by atoms with E-state index in [1.54, 1.807) is 0 Å². The largest absolute Gasteiger partial charge is 0.361 e. The number of aromatic nitrogens is 1. The molecular weight excluding hydrogens is 230 g/mol. The number of urea groups is 1. The molecule has 1 aromatic rings. The van der Waals surface area contributed by atoms with Gasteiger partial charge in [0.25, 0.3) is 0 Å². The third-order valence-corrected chi connectivity index (χ3v) is 3.65. The van der Waals surface area contributed by atoms with Crippen molar-refractivity contribution in [3.8, 4) is 0 Å². The van der Waals surface area contributed by atoms with Crippen molar-refractivity contribution in [1.29, 1.82) is 0 Å². The van der Waals surface area contributed by atoms with E-state index in [1.165, 1.54) is 0 Å². The van der Waals surface area contributed by atoms with E-state index in [4.69, 9.17) is 4.52 Å². The molecule has 1 aliphatic carbocycles. The maximum absolute atomic E-state index is 11.7. The monoisotopic (exact) mass is 251 g/mol. The molecule has 1 fully saturated rings. The Morgan fingerprint density at radius 3 is 2.78 bits per heavy atom. The van der Waals surface area contributed by atoms with Gasteiger partial charge in [-0.05, 0) is 25.2 Å². The third kappa shape index (κ3) is 2.66. The number of carbonyl (C=O) groups is 1. The SMILES string of the molecule is CCc1noc(C)c1CNC(=O)N[C@H]1CC1(C)C. The zero-order chi connectivity index (χ0) is 13.3. The molecule has 2 amide bonds. The van der Waals surface area contributed by atoms with Crippen molar-refractivity contribution in [3.63, 3.8) is 0 Å². The highest BCUT2D eigenvalue weighted by molar-refractivity contribution is 5.74. The summed E-state index contributed by atoms with van der Waals surface area (Å²) in [5, 5.41) is 9.78. The van der Waals surface area contributed by atoms with Gasteiger partial charge in [0.05, 0.1) is 5.69 Å². The number of hydrogen-bond acceptors (Lipinski definition) is 3. The van der Waals surface area contributed by atoms with Crippen LogP contribution in [-0.2, 0) is 13.0 Å². The molecule has 0 unspecified atom stereocenters. The van der Waals surface area contributed by atoms with Crippen LogP contribution in [0.5, 0.6) is 0 Å². The van der Waals surface area contributed by atoms with E-state index in [9.17, 15) is 4.79 Å². The van der Waals surface area contributed by atoms with Crippen LogP contribution >= 0.6 is 0 Å². The topological polar surface area (TPSA) is 67.2 Å². The highest BCUT2D eigenvalue weighted by atomic mass is 16.5. The molecule has 5 nitrogen and oxygen atoms in total. The molecule has 0 spiro atoms. The van der Waals surface area contributed by atoms with Crippen LogP contribution in [0.3, 0.4) is 0 Å². The molecule has 0 saturated heterocycles. The van der Waals surface area contributed by atoms with Crippen molar-refractivity contribution in [1.82, 2.24) is 15.8 Å². The summed E-state index contributed by atoms with van der Waals surface area (Å²) in [5.74, 6) is 0.777. The Hall–Kier alpha value is -1.52. The first kappa shape index (κ1) is 12.9. The molecule has 0 bridgehead atoms. The molecule has 18 heavy (non-hydrogen) atoms. The van der Waals surface area contributed by atoms with Gasteiger partial charge in [-0.2, -0.15) is 0 Å². The quantitative estimate of drug-likeness (QED) is 0.861. The highest BCUT2D eigenvalue weighted by Gasteiger charge is 2.46. The number of rotatable bonds is 4. The zero-order valence-corrected chi connectivity index (χ0v) is 11.5. The lowest BCUT2D eigenvalue weighted by Gasteiger charge is -2.08. The van der Waals surface area contributed by atoms with Gasteiger partial charge >= 0.3 is 6.03 Å². The second-order valence-corrected chi connectivity index (χ2v) is 5.59. The lowest BCUT2D eigenvalue weighted by atomic mass is 10.1. The second-order valence-electron chi connectivity index (χ2n) is 5.59. The van der Waals surface area contributed by atoms with E-state index >= 15 is 0 Å². The Labute approximate surface area is 107 Å². The van der Waals surface area contributed by atoms with E-state index < -0.39 is 0 Å². The minimum absolute atomic E-state index is 0.117. The number of carbonyl (C=O) groups excluding carboxylic acids is 1. The molecule has 0 aromatic carbocycles. The predicted octanol–water partition coefficient (Wildman–Crippen LogP) is 2.14. The van der Waals surface area contributed by atoms with Gasteiger partial charge < -0.3 is 15.2 Å². The number of hydrogen-bond donors (Lipinski definition) is 2. The number of amides is 2. The van der Waals surface area contributed by atoms with Crippen molar-refractivity contribution >= 4 is 6.03 Å². The molecule has 0 aliphatic heterocycles. The van der Waals surface area contributed by atoms with Crippen LogP contribution in [0.1, 0.15) is 44.2 Å². The molecule has 0 radical (unpaired) electrons. The van der Waals surface area contributed by atoms with Crippen molar-refractivity contribution < 1.29 is 9.32 Å². The summed E-state index contributed by atoms with van der Waals surface area (Å²) < 4.78 is 5.12. The average molecular weight is 251 g/mol. The van der Waals surface area contributed by atoms with Crippen LogP contribution in [-0.4, -0.2) is 17.2 Å². The van der Waals surface area contributed by atoms with E-state index in [0.29, 0.717) is 12.6 Å². The van der Waals surface area contributed by atoms with Crippen LogP contribution in [0.15, 0.2) is 4.52 Å². The highest BCUT2D eigenvalue weighted by Crippen LogP contribution is 2.44. The van der Waals surface area contributed by atoms with Crippen LogP contribution < -0.4 is 10.6 Å². The van der Waals surface area contributed by atoms with E-state index in [0.717, 1.165) is 29.9 Å². The van der Waals surface area contributed by atoms with Crippen LogP contribution in [0, 0.1) is 12.3 Å². The van der Waals surface area contributed by atoms with Gasteiger partial charge in [-0.1, -0.05) is 25.9 Å². The van der Waals surface area contributed by atoms with Crippen LogP contribution in [0.25, 0.3) is 0 Å². The Morgan fingerprint density at radius 2 is 2.22 bits per heavy atom. The fraction of sp³-hybridized carbons (Fsp3) is 0.692. The van der Waals surface area contributed by atoms with Crippen LogP contribution in [0.2, 0.25) is 0 Å². The lowest BCUT2D eigenvalue weighted by Crippen LogP contribution is -2.38.